The summed E-state index contributed by atoms with van der Waals surface area (Å²) in [6.45, 7) is 0. The molecular weight excluding hydrogens is 468 g/mol. The van der Waals surface area contributed by atoms with Crippen LogP contribution in [0.4, 0.5) is 13.2 Å². The Kier molecular flexibility index (Phi) is 6.60. The molecule has 1 aliphatic rings. The van der Waals surface area contributed by atoms with Crippen molar-refractivity contribution in [1.82, 2.24) is 0 Å². The first-order chi connectivity index (χ1) is 13.5. The van der Waals surface area contributed by atoms with Crippen molar-refractivity contribution in [2.75, 3.05) is 11.5 Å². The molecule has 3 rings (SSSR count). The van der Waals surface area contributed by atoms with E-state index in [4.69, 9.17) is 26.8 Å². The Morgan fingerprint density at radius 3 is 2.14 bits per heavy atom. The van der Waals surface area contributed by atoms with Crippen molar-refractivity contribution >= 4 is 49.2 Å². The molecule has 3 nitrogen and oxygen atoms in total. The molecule has 10 heteroatoms. The normalized spacial score (nSPS) is 18.6. The monoisotopic (exact) mass is 484 g/mol. The molecule has 0 amide bonds. The molecule has 0 radical (unpaired) electrons. The van der Waals surface area contributed by atoms with Crippen molar-refractivity contribution in [3.8, 4) is 0 Å². The fraction of sp³-hybridized carbons (Fsp3) is 0.263. The Morgan fingerprint density at radius 2 is 1.59 bits per heavy atom. The smallest absolute Gasteiger partial charge is 0.209 e. The molecule has 2 aromatic carbocycles. The number of rotatable bonds is 5. The molecular formula is C19H17Cl2F3O3S2. The van der Waals surface area contributed by atoms with Gasteiger partial charge >= 0.3 is 15.6 Å². The first kappa shape index (κ1) is 22.5. The van der Waals surface area contributed by atoms with E-state index >= 15 is 0 Å². The SMILES string of the molecule is O=S(=O)(OS1(C=C(c2ccc(Cl)cc2)c2cccc(Cl)c2)CCCC1)C(F)(F)F. The molecule has 1 aliphatic heterocycles. The Morgan fingerprint density at radius 1 is 0.966 bits per heavy atom. The number of hydrogen-bond acceptors (Lipinski definition) is 3. The molecule has 0 unspecified atom stereocenters. The van der Waals surface area contributed by atoms with Crippen molar-refractivity contribution in [3.05, 3.63) is 75.1 Å². The number of hydrogen-bond donors (Lipinski definition) is 0. The highest BCUT2D eigenvalue weighted by Crippen LogP contribution is 2.60. The standard InChI is InChI=1S/C19H17Cl2F3O3S2/c20-16-8-6-14(7-9-16)18(15-4-3-5-17(21)12-15)13-28(10-1-2-11-28)27-29(25,26)19(22,23)24/h3-9,12-13H,1-2,10-11H2. The summed E-state index contributed by atoms with van der Waals surface area (Å²) in [6, 6.07) is 13.6. The van der Waals surface area contributed by atoms with Crippen LogP contribution in [0.15, 0.2) is 53.9 Å². The van der Waals surface area contributed by atoms with Crippen LogP contribution in [0.5, 0.6) is 0 Å². The quantitative estimate of drug-likeness (QED) is 0.440. The van der Waals surface area contributed by atoms with Gasteiger partial charge in [0.1, 0.15) is 0 Å². The molecule has 29 heavy (non-hydrogen) atoms. The molecule has 0 saturated carbocycles. The van der Waals surface area contributed by atoms with E-state index in [0.717, 1.165) is 0 Å². The third kappa shape index (κ3) is 5.30. The van der Waals surface area contributed by atoms with Gasteiger partial charge in [-0.3, -0.25) is 0 Å². The highest BCUT2D eigenvalue weighted by Gasteiger charge is 2.51. The van der Waals surface area contributed by atoms with E-state index < -0.39 is 25.9 Å². The lowest BCUT2D eigenvalue weighted by atomic mass is 10.00. The van der Waals surface area contributed by atoms with Crippen LogP contribution in [-0.4, -0.2) is 25.4 Å². The van der Waals surface area contributed by atoms with Gasteiger partial charge in [0.2, 0.25) is 0 Å². The fourth-order valence-electron chi connectivity index (χ4n) is 3.02. The van der Waals surface area contributed by atoms with Gasteiger partial charge in [-0.1, -0.05) is 57.8 Å². The molecule has 0 aliphatic carbocycles. The molecule has 2 aromatic rings. The van der Waals surface area contributed by atoms with Crippen LogP contribution in [0.1, 0.15) is 24.0 Å². The zero-order valence-corrected chi connectivity index (χ0v) is 18.1. The fourth-order valence-corrected chi connectivity index (χ4v) is 8.30. The summed E-state index contributed by atoms with van der Waals surface area (Å²) in [5.74, 6) is 0.472. The zero-order valence-electron chi connectivity index (χ0n) is 15.0. The van der Waals surface area contributed by atoms with Gasteiger partial charge in [0.15, 0.2) is 0 Å². The Bertz CT molecular complexity index is 1010. The second kappa shape index (κ2) is 8.51. The van der Waals surface area contributed by atoms with Gasteiger partial charge in [-0.15, -0.1) is 0 Å². The first-order valence-corrected chi connectivity index (χ1v) is 12.7. The van der Waals surface area contributed by atoms with Gasteiger partial charge in [0.25, 0.3) is 0 Å². The molecule has 0 spiro atoms. The minimum atomic E-state index is -5.72. The average molecular weight is 485 g/mol. The second-order valence-electron chi connectivity index (χ2n) is 6.50. The number of benzene rings is 2. The minimum Gasteiger partial charge on any atom is -0.209 e. The highest BCUT2D eigenvalue weighted by molar-refractivity contribution is 8.35. The van der Waals surface area contributed by atoms with E-state index in [2.05, 4.69) is 0 Å². The van der Waals surface area contributed by atoms with Crippen LogP contribution >= 0.6 is 33.5 Å². The van der Waals surface area contributed by atoms with Crippen LogP contribution in [0.2, 0.25) is 10.0 Å². The summed E-state index contributed by atoms with van der Waals surface area (Å²) >= 11 is 12.1. The average Bonchev–Trinajstić information content (AvgIpc) is 3.07. The van der Waals surface area contributed by atoms with Gasteiger partial charge in [0, 0.05) is 21.6 Å². The number of halogens is 5. The van der Waals surface area contributed by atoms with Crippen molar-refractivity contribution < 1.29 is 25.2 Å². The molecule has 0 N–H and O–H groups in total. The van der Waals surface area contributed by atoms with Gasteiger partial charge in [-0.25, -0.2) is 3.63 Å². The van der Waals surface area contributed by atoms with Crippen LogP contribution in [0.3, 0.4) is 0 Å². The molecule has 1 heterocycles. The van der Waals surface area contributed by atoms with E-state index in [1.807, 2.05) is 0 Å². The van der Waals surface area contributed by atoms with E-state index in [0.29, 0.717) is 39.6 Å². The lowest BCUT2D eigenvalue weighted by Crippen LogP contribution is -2.27. The topological polar surface area (TPSA) is 43.4 Å². The predicted molar refractivity (Wildman–Crippen MR) is 113 cm³/mol. The van der Waals surface area contributed by atoms with E-state index in [1.54, 1.807) is 53.9 Å². The van der Waals surface area contributed by atoms with Crippen LogP contribution < -0.4 is 0 Å². The van der Waals surface area contributed by atoms with Gasteiger partial charge < -0.3 is 0 Å². The van der Waals surface area contributed by atoms with Crippen LogP contribution in [-0.2, 0) is 13.7 Å². The van der Waals surface area contributed by atoms with E-state index in [-0.39, 0.29) is 11.5 Å². The van der Waals surface area contributed by atoms with Crippen LogP contribution in [0, 0.1) is 0 Å². The molecule has 1 fully saturated rings. The summed E-state index contributed by atoms with van der Waals surface area (Å²) in [4.78, 5) is 0. The van der Waals surface area contributed by atoms with E-state index in [9.17, 15) is 21.6 Å². The zero-order chi connectivity index (χ0) is 21.3. The lowest BCUT2D eigenvalue weighted by molar-refractivity contribution is -0.0495. The predicted octanol–water partition coefficient (Wildman–Crippen LogP) is 6.76. The third-order valence-electron chi connectivity index (χ3n) is 4.36. The van der Waals surface area contributed by atoms with Crippen molar-refractivity contribution in [2.24, 2.45) is 0 Å². The maximum Gasteiger partial charge on any atom is 0.523 e. The molecule has 158 valence electrons. The summed E-state index contributed by atoms with van der Waals surface area (Å²) in [5, 5.41) is 2.50. The Labute approximate surface area is 179 Å². The largest absolute Gasteiger partial charge is 0.523 e. The van der Waals surface area contributed by atoms with Crippen molar-refractivity contribution in [1.29, 1.82) is 0 Å². The van der Waals surface area contributed by atoms with Gasteiger partial charge in [-0.05, 0) is 59.2 Å². The Hall–Kier alpha value is -1.19. The molecule has 1 saturated heterocycles. The van der Waals surface area contributed by atoms with Crippen molar-refractivity contribution in [2.45, 2.75) is 18.3 Å². The van der Waals surface area contributed by atoms with Crippen LogP contribution in [0.25, 0.3) is 5.57 Å². The molecule has 0 aromatic heterocycles. The summed E-state index contributed by atoms with van der Waals surface area (Å²) in [7, 11) is -8.39. The lowest BCUT2D eigenvalue weighted by Gasteiger charge is -2.32. The van der Waals surface area contributed by atoms with E-state index in [1.165, 1.54) is 0 Å². The Balaban J connectivity index is 2.15. The third-order valence-corrected chi connectivity index (χ3v) is 9.84. The van der Waals surface area contributed by atoms with Gasteiger partial charge in [-0.2, -0.15) is 21.6 Å². The summed E-state index contributed by atoms with van der Waals surface area (Å²) in [6.07, 6.45) is 1.17. The molecule has 0 bridgehead atoms. The molecule has 0 atom stereocenters. The minimum absolute atomic E-state index is 0.236. The van der Waals surface area contributed by atoms with Gasteiger partial charge in [0.05, 0.1) is 0 Å². The maximum absolute atomic E-state index is 13.0. The maximum atomic E-state index is 13.0. The summed E-state index contributed by atoms with van der Waals surface area (Å²) in [5.41, 5.74) is -3.60. The van der Waals surface area contributed by atoms with Crippen molar-refractivity contribution in [3.63, 3.8) is 0 Å². The summed E-state index contributed by atoms with van der Waals surface area (Å²) < 4.78 is 67.4. The second-order valence-corrected chi connectivity index (χ2v) is 12.1. The first-order valence-electron chi connectivity index (χ1n) is 8.56. The highest BCUT2D eigenvalue weighted by atomic mass is 35.5. The number of alkyl halides is 3.